The van der Waals surface area contributed by atoms with E-state index in [1.807, 2.05) is 13.8 Å². The third-order valence-corrected chi connectivity index (χ3v) is 2.36. The van der Waals surface area contributed by atoms with Crippen molar-refractivity contribution in [2.24, 2.45) is 5.92 Å². The zero-order chi connectivity index (χ0) is 12.8. The largest absolute Gasteiger partial charge is 0.463 e. The molecule has 0 radical (unpaired) electrons. The molecule has 0 aliphatic carbocycles. The van der Waals surface area contributed by atoms with E-state index < -0.39 is 0 Å². The number of benzene rings is 1. The SMILES string of the molecule is CCOC(=O)C=C(c1ccc(F)cc1)C(C)C. The van der Waals surface area contributed by atoms with Crippen LogP contribution in [0, 0.1) is 11.7 Å². The molecule has 1 rings (SSSR count). The Morgan fingerprint density at radius 3 is 2.41 bits per heavy atom. The molecule has 17 heavy (non-hydrogen) atoms. The number of allylic oxidation sites excluding steroid dienone is 1. The van der Waals surface area contributed by atoms with Gasteiger partial charge in [-0.2, -0.15) is 0 Å². The molecule has 0 saturated heterocycles. The van der Waals surface area contributed by atoms with E-state index in [1.165, 1.54) is 18.2 Å². The molecular formula is C14H17FO2. The highest BCUT2D eigenvalue weighted by molar-refractivity contribution is 5.91. The lowest BCUT2D eigenvalue weighted by atomic mass is 9.95. The molecule has 0 heterocycles. The molecule has 2 nitrogen and oxygen atoms in total. The van der Waals surface area contributed by atoms with Crippen molar-refractivity contribution in [3.05, 3.63) is 41.7 Å². The predicted molar refractivity (Wildman–Crippen MR) is 65.8 cm³/mol. The summed E-state index contributed by atoms with van der Waals surface area (Å²) in [5.41, 5.74) is 1.69. The maximum atomic E-state index is 12.8. The Labute approximate surface area is 101 Å². The molecule has 0 saturated carbocycles. The number of hydrogen-bond donors (Lipinski definition) is 0. The summed E-state index contributed by atoms with van der Waals surface area (Å²) in [6.07, 6.45) is 1.47. The second kappa shape index (κ2) is 6.18. The monoisotopic (exact) mass is 236 g/mol. The number of halogens is 1. The topological polar surface area (TPSA) is 26.3 Å². The van der Waals surface area contributed by atoms with Crippen molar-refractivity contribution >= 4 is 11.5 Å². The van der Waals surface area contributed by atoms with Gasteiger partial charge in [-0.25, -0.2) is 9.18 Å². The number of rotatable bonds is 4. The van der Waals surface area contributed by atoms with Crippen LogP contribution in [0.2, 0.25) is 0 Å². The van der Waals surface area contributed by atoms with E-state index in [0.29, 0.717) is 6.61 Å². The first kappa shape index (κ1) is 13.4. The average molecular weight is 236 g/mol. The van der Waals surface area contributed by atoms with Gasteiger partial charge in [0.15, 0.2) is 0 Å². The van der Waals surface area contributed by atoms with Gasteiger partial charge in [-0.15, -0.1) is 0 Å². The van der Waals surface area contributed by atoms with Gasteiger partial charge < -0.3 is 4.74 Å². The van der Waals surface area contributed by atoms with Gasteiger partial charge in [0.1, 0.15) is 5.82 Å². The summed E-state index contributed by atoms with van der Waals surface area (Å²) in [6.45, 7) is 6.08. The van der Waals surface area contributed by atoms with Gasteiger partial charge in [0, 0.05) is 6.08 Å². The van der Waals surface area contributed by atoms with Crippen LogP contribution in [0.1, 0.15) is 26.3 Å². The molecule has 1 aromatic carbocycles. The van der Waals surface area contributed by atoms with Crippen LogP contribution in [0.25, 0.3) is 5.57 Å². The molecule has 0 aliphatic rings. The van der Waals surface area contributed by atoms with Crippen molar-refractivity contribution in [3.63, 3.8) is 0 Å². The van der Waals surface area contributed by atoms with Crippen LogP contribution in [0.3, 0.4) is 0 Å². The summed E-state index contributed by atoms with van der Waals surface area (Å²) in [6, 6.07) is 6.11. The molecule has 0 atom stereocenters. The molecule has 1 aromatic rings. The van der Waals surface area contributed by atoms with Gasteiger partial charge >= 0.3 is 5.97 Å². The number of carbonyl (C=O) groups is 1. The van der Waals surface area contributed by atoms with Crippen LogP contribution >= 0.6 is 0 Å². The van der Waals surface area contributed by atoms with E-state index in [2.05, 4.69) is 0 Å². The maximum absolute atomic E-state index is 12.8. The highest BCUT2D eigenvalue weighted by atomic mass is 19.1. The Morgan fingerprint density at radius 2 is 1.94 bits per heavy atom. The molecule has 0 N–H and O–H groups in total. The smallest absolute Gasteiger partial charge is 0.331 e. The lowest BCUT2D eigenvalue weighted by Crippen LogP contribution is -2.03. The Bertz CT molecular complexity index is 405. The van der Waals surface area contributed by atoms with Gasteiger partial charge in [0.25, 0.3) is 0 Å². The molecule has 0 aliphatic heterocycles. The molecule has 92 valence electrons. The van der Waals surface area contributed by atoms with Gasteiger partial charge in [-0.3, -0.25) is 0 Å². The first-order chi connectivity index (χ1) is 8.04. The average Bonchev–Trinajstić information content (AvgIpc) is 2.27. The zero-order valence-corrected chi connectivity index (χ0v) is 10.4. The summed E-state index contributed by atoms with van der Waals surface area (Å²) in [5.74, 6) is -0.474. The van der Waals surface area contributed by atoms with Crippen LogP contribution in [-0.2, 0) is 9.53 Å². The Balaban J connectivity index is 3.01. The minimum atomic E-state index is -0.361. The van der Waals surface area contributed by atoms with Crippen LogP contribution in [0.15, 0.2) is 30.3 Å². The summed E-state index contributed by atoms with van der Waals surface area (Å²) in [7, 11) is 0. The quantitative estimate of drug-likeness (QED) is 0.591. The van der Waals surface area contributed by atoms with E-state index in [4.69, 9.17) is 4.74 Å². The molecule has 3 heteroatoms. The molecule has 0 bridgehead atoms. The molecule has 0 spiro atoms. The van der Waals surface area contributed by atoms with Crippen LogP contribution in [-0.4, -0.2) is 12.6 Å². The normalized spacial score (nSPS) is 11.7. The van der Waals surface area contributed by atoms with E-state index >= 15 is 0 Å². The zero-order valence-electron chi connectivity index (χ0n) is 10.4. The van der Waals surface area contributed by atoms with Crippen LogP contribution < -0.4 is 0 Å². The lowest BCUT2D eigenvalue weighted by Gasteiger charge is -2.11. The fourth-order valence-corrected chi connectivity index (χ4v) is 1.54. The second-order valence-corrected chi connectivity index (χ2v) is 4.01. The molecule has 0 fully saturated rings. The number of esters is 1. The van der Waals surface area contributed by atoms with Gasteiger partial charge in [-0.1, -0.05) is 26.0 Å². The minimum Gasteiger partial charge on any atom is -0.463 e. The van der Waals surface area contributed by atoms with Crippen molar-refractivity contribution in [2.75, 3.05) is 6.61 Å². The van der Waals surface area contributed by atoms with Crippen molar-refractivity contribution in [1.82, 2.24) is 0 Å². The Kier molecular flexibility index (Phi) is 4.88. The van der Waals surface area contributed by atoms with Gasteiger partial charge in [0.05, 0.1) is 6.61 Å². The van der Waals surface area contributed by atoms with Crippen molar-refractivity contribution < 1.29 is 13.9 Å². The number of hydrogen-bond acceptors (Lipinski definition) is 2. The van der Waals surface area contributed by atoms with Crippen molar-refractivity contribution in [3.8, 4) is 0 Å². The first-order valence-corrected chi connectivity index (χ1v) is 5.69. The summed E-state index contributed by atoms with van der Waals surface area (Å²) in [5, 5.41) is 0. The van der Waals surface area contributed by atoms with Gasteiger partial charge in [-0.05, 0) is 36.1 Å². The minimum absolute atomic E-state index is 0.171. The van der Waals surface area contributed by atoms with Crippen LogP contribution in [0.4, 0.5) is 4.39 Å². The highest BCUT2D eigenvalue weighted by Crippen LogP contribution is 2.23. The summed E-state index contributed by atoms with van der Waals surface area (Å²) in [4.78, 5) is 11.4. The van der Waals surface area contributed by atoms with E-state index in [-0.39, 0.29) is 17.7 Å². The standard InChI is InChI=1S/C14H17FO2/c1-4-17-14(16)9-13(10(2)3)11-5-7-12(15)8-6-11/h5-10H,4H2,1-3H3. The third-order valence-electron chi connectivity index (χ3n) is 2.36. The van der Waals surface area contributed by atoms with Crippen LogP contribution in [0.5, 0.6) is 0 Å². The maximum Gasteiger partial charge on any atom is 0.331 e. The Hall–Kier alpha value is -1.64. The number of ether oxygens (including phenoxy) is 1. The van der Waals surface area contributed by atoms with E-state index in [9.17, 15) is 9.18 Å². The van der Waals surface area contributed by atoms with E-state index in [1.54, 1.807) is 19.1 Å². The first-order valence-electron chi connectivity index (χ1n) is 5.69. The van der Waals surface area contributed by atoms with E-state index in [0.717, 1.165) is 11.1 Å². The van der Waals surface area contributed by atoms with Crippen molar-refractivity contribution in [1.29, 1.82) is 0 Å². The fourth-order valence-electron chi connectivity index (χ4n) is 1.54. The molecule has 0 amide bonds. The fraction of sp³-hybridized carbons (Fsp3) is 0.357. The molecular weight excluding hydrogens is 219 g/mol. The Morgan fingerprint density at radius 1 is 1.35 bits per heavy atom. The number of carbonyl (C=O) groups excluding carboxylic acids is 1. The predicted octanol–water partition coefficient (Wildman–Crippen LogP) is 3.43. The molecule has 0 unspecified atom stereocenters. The van der Waals surface area contributed by atoms with Crippen molar-refractivity contribution in [2.45, 2.75) is 20.8 Å². The highest BCUT2D eigenvalue weighted by Gasteiger charge is 2.09. The summed E-state index contributed by atoms with van der Waals surface area (Å²) >= 11 is 0. The second-order valence-electron chi connectivity index (χ2n) is 4.01. The third kappa shape index (κ3) is 4.02. The van der Waals surface area contributed by atoms with Gasteiger partial charge in [0.2, 0.25) is 0 Å². The summed E-state index contributed by atoms with van der Waals surface area (Å²) < 4.78 is 17.7. The lowest BCUT2D eigenvalue weighted by molar-refractivity contribution is -0.137. The molecule has 0 aromatic heterocycles.